The minimum atomic E-state index is -1.12. The first kappa shape index (κ1) is 28.7. The standard InChI is InChI=1S/C11H9N5O4S.C5H5ClN4O2S.CH4.ClH/c12-9-13-10(15-11(14-9)20-7(17)5-21)16-3-1-2-6(4-16)8(18)19;6-3-8-4(7)10-5(9-3)12-2(11)1-13;;/h1-4H,5H2,(H3-,12,13,14,15,18,19,21);13H,1H2,(H2,7,8,9,10);1H4;1H/i/hD2. The average Bonchev–Trinajstić information content (AvgIpc) is 2.88. The summed E-state index contributed by atoms with van der Waals surface area (Å²) in [6, 6.07) is 2.29. The normalized spacial score (nSPS) is 9.97. The van der Waals surface area contributed by atoms with Gasteiger partial charge in [0.25, 0.3) is 0 Å². The predicted molar refractivity (Wildman–Crippen MR) is 128 cm³/mol. The molecule has 3 heterocycles. The number of nitrogen functional groups attached to an aromatic ring is 2. The molecule has 0 aliphatic heterocycles. The summed E-state index contributed by atoms with van der Waals surface area (Å²) in [5.41, 5.74) is 3.86. The third-order valence-corrected chi connectivity index (χ3v) is 3.82. The van der Waals surface area contributed by atoms with Crippen molar-refractivity contribution in [1.29, 1.82) is 0 Å². The predicted octanol–water partition coefficient (Wildman–Crippen LogP) is -3.15. The number of pyridine rings is 1. The first-order valence-corrected chi connectivity index (χ1v) is 10.2. The number of ether oxygens (including phenoxy) is 2. The number of esters is 2. The van der Waals surface area contributed by atoms with Gasteiger partial charge < -0.3 is 38.4 Å². The number of hydrogen-bond acceptors (Lipinski definition) is 15. The largest absolute Gasteiger partial charge is 1.00 e. The van der Waals surface area contributed by atoms with Crippen LogP contribution in [-0.2, 0) is 9.59 Å². The zero-order chi connectivity index (χ0) is 26.7. The van der Waals surface area contributed by atoms with E-state index in [9.17, 15) is 14.4 Å². The molecule has 194 valence electrons. The molecule has 0 spiro atoms. The number of aromatic carboxylic acids is 1. The number of anilines is 2. The Bertz CT molecular complexity index is 1270. The van der Waals surface area contributed by atoms with E-state index in [2.05, 4.69) is 59.9 Å². The summed E-state index contributed by atoms with van der Waals surface area (Å²) < 4.78 is 24.5. The van der Waals surface area contributed by atoms with E-state index in [1.165, 1.54) is 29.1 Å². The molecule has 0 aliphatic rings. The molecule has 3 aromatic rings. The Balaban J connectivity index is 0.000000748. The second kappa shape index (κ2) is 15.5. The van der Waals surface area contributed by atoms with Gasteiger partial charge in [0.1, 0.15) is 0 Å². The van der Waals surface area contributed by atoms with E-state index in [1.54, 1.807) is 0 Å². The summed E-state index contributed by atoms with van der Waals surface area (Å²) in [6.45, 7) is 0. The number of carbonyl (C=O) groups excluding carboxylic acids is 2. The molecule has 15 nitrogen and oxygen atoms in total. The van der Waals surface area contributed by atoms with Gasteiger partial charge >= 0.3 is 41.8 Å². The molecular formula is C17H19Cl2N9O6S2. The SMILES string of the molecule is C.[2H]Nc1nc(Cl)nc(OC(=O)CS)n1.[2H]Nc1nc(OC(=O)CS)nc(-[n+]2cccc(C(=O)O)c2)n1.[Cl-]. The average molecular weight is 582 g/mol. The number of nitrogens with two attached hydrogens (primary N) is 2. The molecule has 0 saturated carbocycles. The van der Waals surface area contributed by atoms with Crippen LogP contribution >= 0.6 is 36.9 Å². The molecule has 19 heteroatoms. The molecule has 0 bridgehead atoms. The van der Waals surface area contributed by atoms with E-state index in [0.29, 0.717) is 0 Å². The zero-order valence-electron chi connectivity index (χ0n) is 19.0. The Morgan fingerprint density at radius 2 is 1.56 bits per heavy atom. The van der Waals surface area contributed by atoms with Crippen LogP contribution in [0.2, 0.25) is 8.11 Å². The summed E-state index contributed by atoms with van der Waals surface area (Å²) in [5.74, 6) is -2.99. The molecule has 0 saturated heterocycles. The third-order valence-electron chi connectivity index (χ3n) is 3.14. The zero-order valence-corrected chi connectivity index (χ0v) is 20.3. The Kier molecular flexibility index (Phi) is 12.3. The first-order chi connectivity index (χ1) is 17.2. The number of carbonyl (C=O) groups is 3. The molecule has 3 aromatic heterocycles. The molecule has 0 radical (unpaired) electrons. The van der Waals surface area contributed by atoms with Gasteiger partial charge in [0.05, 0.1) is 29.5 Å². The van der Waals surface area contributed by atoms with Crippen LogP contribution in [0.15, 0.2) is 24.5 Å². The summed E-state index contributed by atoms with van der Waals surface area (Å²) in [5, 5.41) is 8.81. The highest BCUT2D eigenvalue weighted by atomic mass is 35.5. The minimum absolute atomic E-state index is 0. The molecule has 36 heavy (non-hydrogen) atoms. The molecule has 0 unspecified atom stereocenters. The fourth-order valence-corrected chi connectivity index (χ4v) is 2.16. The maximum Gasteiger partial charge on any atom is 0.446 e. The van der Waals surface area contributed by atoms with Gasteiger partial charge in [0, 0.05) is 0 Å². The first-order valence-electron chi connectivity index (χ1n) is 9.60. The van der Waals surface area contributed by atoms with Gasteiger partial charge in [0.15, 0.2) is 2.82 Å². The van der Waals surface area contributed by atoms with Gasteiger partial charge in [-0.3, -0.25) is 9.59 Å². The lowest BCUT2D eigenvalue weighted by Gasteiger charge is -2.00. The highest BCUT2D eigenvalue weighted by molar-refractivity contribution is 7.81. The second-order valence-corrected chi connectivity index (χ2v) is 6.49. The Hall–Kier alpha value is -3.54. The van der Waals surface area contributed by atoms with Gasteiger partial charge in [-0.1, -0.05) is 7.43 Å². The summed E-state index contributed by atoms with van der Waals surface area (Å²) in [7, 11) is 0. The minimum Gasteiger partial charge on any atom is -1.00 e. The lowest BCUT2D eigenvalue weighted by molar-refractivity contribution is -0.603. The molecule has 0 amide bonds. The van der Waals surface area contributed by atoms with Crippen molar-refractivity contribution in [3.63, 3.8) is 0 Å². The van der Waals surface area contributed by atoms with E-state index in [1.807, 2.05) is 11.5 Å². The van der Waals surface area contributed by atoms with E-state index in [0.717, 1.165) is 0 Å². The lowest BCUT2D eigenvalue weighted by atomic mass is 10.3. The number of aromatic nitrogens is 7. The Morgan fingerprint density at radius 1 is 1.00 bits per heavy atom. The topological polar surface area (TPSA) is 223 Å². The van der Waals surface area contributed by atoms with Crippen LogP contribution in [0.5, 0.6) is 12.0 Å². The van der Waals surface area contributed by atoms with Crippen molar-refractivity contribution in [2.75, 3.05) is 23.0 Å². The van der Waals surface area contributed by atoms with Crippen molar-refractivity contribution in [2.45, 2.75) is 7.43 Å². The molecule has 5 N–H and O–H groups in total. The van der Waals surface area contributed by atoms with Crippen molar-refractivity contribution >= 4 is 66.7 Å². The quantitative estimate of drug-likeness (QED) is 0.101. The maximum absolute atomic E-state index is 11.2. The fraction of sp³-hybridized carbons (Fsp3) is 0.176. The monoisotopic (exact) mass is 581 g/mol. The Morgan fingerprint density at radius 3 is 2.08 bits per heavy atom. The number of thiol groups is 2. The van der Waals surface area contributed by atoms with E-state index in [-0.39, 0.29) is 72.1 Å². The van der Waals surface area contributed by atoms with E-state index >= 15 is 0 Å². The summed E-state index contributed by atoms with van der Waals surface area (Å²) >= 11 is 12.9. The number of nitrogens with zero attached hydrogens (tertiary/aromatic N) is 7. The van der Waals surface area contributed by atoms with Crippen LogP contribution in [0.1, 0.15) is 17.8 Å². The number of carboxylic acids is 1. The summed E-state index contributed by atoms with van der Waals surface area (Å²) in [4.78, 5) is 55.0. The van der Waals surface area contributed by atoms with Crippen LogP contribution in [0, 0.1) is 0 Å². The van der Waals surface area contributed by atoms with Gasteiger partial charge in [-0.2, -0.15) is 40.2 Å². The van der Waals surface area contributed by atoms with Crippen LogP contribution < -0.4 is 37.9 Å². The van der Waals surface area contributed by atoms with E-state index < -0.39 is 17.9 Å². The van der Waals surface area contributed by atoms with Gasteiger partial charge in [0.2, 0.25) is 11.2 Å². The summed E-state index contributed by atoms with van der Waals surface area (Å²) in [6.07, 6.45) is 2.77. The van der Waals surface area contributed by atoms with Crippen molar-refractivity contribution in [3.05, 3.63) is 35.4 Å². The number of halogens is 2. The third kappa shape index (κ3) is 10.4. The van der Waals surface area contributed by atoms with E-state index in [4.69, 9.17) is 24.3 Å². The van der Waals surface area contributed by atoms with Crippen LogP contribution in [0.4, 0.5) is 11.9 Å². The van der Waals surface area contributed by atoms with Crippen LogP contribution in [0.25, 0.3) is 5.95 Å². The lowest BCUT2D eigenvalue weighted by Crippen LogP contribution is -3.00. The molecule has 0 atom stereocenters. The highest BCUT2D eigenvalue weighted by Crippen LogP contribution is 2.09. The fourth-order valence-electron chi connectivity index (χ4n) is 1.88. The van der Waals surface area contributed by atoms with Crippen LogP contribution in [-0.4, -0.2) is 64.4 Å². The molecular weight excluding hydrogens is 561 g/mol. The van der Waals surface area contributed by atoms with Crippen molar-refractivity contribution in [2.24, 2.45) is 0 Å². The van der Waals surface area contributed by atoms with Gasteiger partial charge in [-0.15, -0.1) is 4.98 Å². The van der Waals surface area contributed by atoms with Gasteiger partial charge in [-0.05, 0) is 33.7 Å². The molecule has 0 aromatic carbocycles. The van der Waals surface area contributed by atoms with Crippen molar-refractivity contribution in [3.8, 4) is 18.0 Å². The van der Waals surface area contributed by atoms with Crippen molar-refractivity contribution in [1.82, 2.24) is 29.9 Å². The highest BCUT2D eigenvalue weighted by Gasteiger charge is 2.20. The Labute approximate surface area is 228 Å². The smallest absolute Gasteiger partial charge is 0.446 e. The number of carboxylic acid groups (broad SMARTS) is 1. The van der Waals surface area contributed by atoms with Gasteiger partial charge in [-0.25, -0.2) is 9.36 Å². The van der Waals surface area contributed by atoms with Crippen molar-refractivity contribution < 1.29 is 48.8 Å². The number of hydrogen-bond donors (Lipinski definition) is 5. The number of rotatable bonds is 8. The van der Waals surface area contributed by atoms with Crippen LogP contribution in [0.3, 0.4) is 0 Å². The molecule has 0 fully saturated rings. The molecule has 0 aliphatic carbocycles. The molecule has 3 rings (SSSR count). The second-order valence-electron chi connectivity index (χ2n) is 5.52. The maximum atomic E-state index is 11.2.